The molecule has 48 heavy (non-hydrogen) atoms. The monoisotopic (exact) mass is 816 g/mol. The Hall–Kier alpha value is -0.817. The number of carbonyl (C=O) groups is 3. The quantitative estimate of drug-likeness (QED) is 0.0385. The van der Waals surface area contributed by atoms with Gasteiger partial charge in [-0.2, -0.15) is 0 Å². The van der Waals surface area contributed by atoms with Crippen molar-refractivity contribution in [3.05, 3.63) is 119 Å². The van der Waals surface area contributed by atoms with E-state index in [9.17, 15) is 14.7 Å². The molecular weight excluding hydrogens is 781 g/mol. The van der Waals surface area contributed by atoms with Gasteiger partial charge in [0.1, 0.15) is 23.0 Å². The molecule has 9 nitrogen and oxygen atoms in total. The van der Waals surface area contributed by atoms with Gasteiger partial charge in [-0.1, -0.05) is 23.4 Å². The van der Waals surface area contributed by atoms with Gasteiger partial charge in [0.05, 0.1) is 6.61 Å². The SMILES string of the molecule is C.ClCCCBr.O=C(c1ccc(O)cc1)c1ccc(O)cc1.O=C(c1ccc(O)cc1)c1ccc(OCCCCl)cc1.O=CO[O-].[H-].[K+].[K+]. The summed E-state index contributed by atoms with van der Waals surface area (Å²) in [7, 11) is 0. The molecule has 0 unspecified atom stereocenters. The van der Waals surface area contributed by atoms with Crippen molar-refractivity contribution in [1.29, 1.82) is 0 Å². The Bertz CT molecular complexity index is 1370. The van der Waals surface area contributed by atoms with Crippen LogP contribution in [0.25, 0.3) is 0 Å². The Morgan fingerprint density at radius 1 is 0.667 bits per heavy atom. The molecule has 0 saturated carbocycles. The van der Waals surface area contributed by atoms with Crippen LogP contribution in [0.4, 0.5) is 0 Å². The standard InChI is InChI=1S/C16H15ClO3.C13H10O3.C3H6BrCl.CH2O3.CH4.2K.H/c17-10-1-11-20-15-8-4-13(5-9-15)16(19)12-2-6-14(18)7-3-12;14-11-5-1-9(2-6-11)13(16)10-3-7-12(15)8-4-10;4-2-1-3-5;2-1-4-3;;;;/h2-9,18H,1,10-11H2;1-8,14-15H;1-3H2;1,3H;1H4;;;/q;;;;;2*+1;-1/p-1. The van der Waals surface area contributed by atoms with E-state index in [2.05, 4.69) is 20.8 Å². The van der Waals surface area contributed by atoms with Gasteiger partial charge in [-0.3, -0.25) is 14.4 Å². The summed E-state index contributed by atoms with van der Waals surface area (Å²) in [5.74, 6) is 2.23. The molecular formula is C34H37BrCl2K2O9. The summed E-state index contributed by atoms with van der Waals surface area (Å²) in [5, 5.41) is 36.9. The third-order valence-corrected chi connectivity index (χ3v) is 6.45. The van der Waals surface area contributed by atoms with Crippen LogP contribution in [-0.4, -0.2) is 57.1 Å². The number of phenols is 3. The minimum atomic E-state index is -0.181. The predicted octanol–water partition coefficient (Wildman–Crippen LogP) is 1.16. The topological polar surface area (TPSA) is 153 Å². The smallest absolute Gasteiger partial charge is 1.00 e. The maximum Gasteiger partial charge on any atom is 1.00 e. The van der Waals surface area contributed by atoms with E-state index < -0.39 is 0 Å². The summed E-state index contributed by atoms with van der Waals surface area (Å²) in [6.45, 7) is 0.384. The first-order valence-electron chi connectivity index (χ1n) is 13.3. The first-order valence-corrected chi connectivity index (χ1v) is 15.5. The Morgan fingerprint density at radius 2 is 0.958 bits per heavy atom. The molecule has 0 fully saturated rings. The minimum absolute atomic E-state index is 0. The average molecular weight is 819 g/mol. The van der Waals surface area contributed by atoms with Gasteiger partial charge >= 0.3 is 103 Å². The molecule has 250 valence electrons. The molecule has 4 aromatic carbocycles. The summed E-state index contributed by atoms with van der Waals surface area (Å²) in [4.78, 5) is 35.3. The van der Waals surface area contributed by atoms with Gasteiger partial charge < -0.3 is 31.6 Å². The van der Waals surface area contributed by atoms with Gasteiger partial charge in [-0.15, -0.1) is 23.2 Å². The fraction of sp³-hybridized carbons (Fsp3) is 0.206. The molecule has 0 aliphatic rings. The third-order valence-electron chi connectivity index (χ3n) is 5.36. The summed E-state index contributed by atoms with van der Waals surface area (Å²) >= 11 is 14.1. The van der Waals surface area contributed by atoms with E-state index in [1.54, 1.807) is 60.7 Å². The zero-order valence-corrected chi connectivity index (χ0v) is 35.3. The molecule has 4 rings (SSSR count). The largest absolute Gasteiger partial charge is 1.00 e. The van der Waals surface area contributed by atoms with E-state index in [4.69, 9.17) is 48.2 Å². The Labute approximate surface area is 386 Å². The van der Waals surface area contributed by atoms with E-state index in [1.807, 2.05) is 0 Å². The van der Waals surface area contributed by atoms with Crippen molar-refractivity contribution in [1.82, 2.24) is 0 Å². The van der Waals surface area contributed by atoms with Gasteiger partial charge in [0.2, 0.25) is 0 Å². The molecule has 0 atom stereocenters. The first kappa shape index (κ1) is 51.6. The van der Waals surface area contributed by atoms with E-state index >= 15 is 0 Å². The van der Waals surface area contributed by atoms with Crippen molar-refractivity contribution in [2.24, 2.45) is 0 Å². The fourth-order valence-electron chi connectivity index (χ4n) is 3.17. The molecule has 0 spiro atoms. The molecule has 14 heteroatoms. The third kappa shape index (κ3) is 22.1. The number of ether oxygens (including phenoxy) is 1. The Balaban J connectivity index is -0.000000314. The average Bonchev–Trinajstić information content (AvgIpc) is 3.07. The van der Waals surface area contributed by atoms with Gasteiger partial charge in [0.25, 0.3) is 6.47 Å². The van der Waals surface area contributed by atoms with Crippen molar-refractivity contribution in [2.75, 3.05) is 23.7 Å². The number of benzene rings is 4. The van der Waals surface area contributed by atoms with Gasteiger partial charge in [0, 0.05) is 39.3 Å². The number of rotatable bonds is 11. The van der Waals surface area contributed by atoms with E-state index in [-0.39, 0.29) is 147 Å². The van der Waals surface area contributed by atoms with Crippen molar-refractivity contribution < 1.29 is 149 Å². The minimum Gasteiger partial charge on any atom is -1.00 e. The van der Waals surface area contributed by atoms with Crippen LogP contribution in [0.1, 0.15) is 53.5 Å². The fourth-order valence-corrected chi connectivity index (χ4v) is 4.02. The van der Waals surface area contributed by atoms with Crippen molar-refractivity contribution in [2.45, 2.75) is 20.3 Å². The number of alkyl halides is 3. The van der Waals surface area contributed by atoms with Gasteiger partial charge in [-0.05, 0) is 110 Å². The number of aromatic hydroxyl groups is 3. The summed E-state index contributed by atoms with van der Waals surface area (Å²) in [5.41, 5.74) is 2.13. The van der Waals surface area contributed by atoms with E-state index in [0.717, 1.165) is 29.8 Å². The molecule has 0 heterocycles. The summed E-state index contributed by atoms with van der Waals surface area (Å²) in [6, 6.07) is 25.3. The van der Waals surface area contributed by atoms with Crippen LogP contribution in [0.15, 0.2) is 97.1 Å². The summed E-state index contributed by atoms with van der Waals surface area (Å²) in [6.07, 6.45) is 1.86. The number of phenolic OH excluding ortho intramolecular Hbond substituents is 3. The predicted molar refractivity (Wildman–Crippen MR) is 183 cm³/mol. The zero-order valence-electron chi connectivity index (χ0n) is 27.0. The van der Waals surface area contributed by atoms with Gasteiger partial charge in [0.15, 0.2) is 11.6 Å². The van der Waals surface area contributed by atoms with Crippen molar-refractivity contribution in [3.8, 4) is 23.0 Å². The second kappa shape index (κ2) is 32.1. The molecule has 3 N–H and O–H groups in total. The van der Waals surface area contributed by atoms with Gasteiger partial charge in [-0.25, -0.2) is 0 Å². The normalized spacial score (nSPS) is 8.92. The second-order valence-corrected chi connectivity index (χ2v) is 10.2. The van der Waals surface area contributed by atoms with Crippen LogP contribution in [0.2, 0.25) is 0 Å². The van der Waals surface area contributed by atoms with Crippen LogP contribution < -0.4 is 113 Å². The number of hydrogen-bond donors (Lipinski definition) is 3. The molecule has 0 aliphatic carbocycles. The van der Waals surface area contributed by atoms with Crippen LogP contribution in [-0.2, 0) is 9.68 Å². The van der Waals surface area contributed by atoms with E-state index in [1.165, 1.54) is 36.4 Å². The Kier molecular flexibility index (Phi) is 34.5. The summed E-state index contributed by atoms with van der Waals surface area (Å²) < 4.78 is 5.47. The van der Waals surface area contributed by atoms with Crippen molar-refractivity contribution >= 4 is 57.2 Å². The number of halogens is 3. The maximum atomic E-state index is 12.2. The number of ketones is 2. The molecule has 0 aromatic heterocycles. The number of carbonyl (C=O) groups excluding carboxylic acids is 3. The molecule has 0 aliphatic heterocycles. The second-order valence-electron chi connectivity index (χ2n) is 8.64. The zero-order chi connectivity index (χ0) is 33.5. The van der Waals surface area contributed by atoms with Crippen LogP contribution >= 0.6 is 39.1 Å². The maximum absolute atomic E-state index is 12.2. The van der Waals surface area contributed by atoms with Crippen LogP contribution in [0, 0.1) is 0 Å². The molecule has 4 aromatic rings. The molecule has 0 saturated heterocycles. The van der Waals surface area contributed by atoms with E-state index in [0.29, 0.717) is 34.7 Å². The Morgan fingerprint density at radius 3 is 1.19 bits per heavy atom. The first-order chi connectivity index (χ1) is 21.7. The number of hydrogen-bond acceptors (Lipinski definition) is 9. The molecule has 0 bridgehead atoms. The van der Waals surface area contributed by atoms with Crippen LogP contribution in [0.5, 0.6) is 23.0 Å². The molecule has 0 amide bonds. The van der Waals surface area contributed by atoms with Crippen molar-refractivity contribution in [3.63, 3.8) is 0 Å². The molecule has 0 radical (unpaired) electrons. The van der Waals surface area contributed by atoms with Crippen LogP contribution in [0.3, 0.4) is 0 Å².